The molecule has 0 aromatic carbocycles. The number of carboxylic acid groups (broad SMARTS) is 1. The van der Waals surface area contributed by atoms with Crippen molar-refractivity contribution in [1.29, 1.82) is 0 Å². The topological polar surface area (TPSA) is 328 Å². The van der Waals surface area contributed by atoms with Gasteiger partial charge in [-0.1, -0.05) is 55.4 Å². The summed E-state index contributed by atoms with van der Waals surface area (Å²) in [6.07, 6.45) is 1.14. The van der Waals surface area contributed by atoms with Crippen molar-refractivity contribution in [2.45, 2.75) is 130 Å². The average molecular weight is 842 g/mol. The van der Waals surface area contributed by atoms with Crippen LogP contribution in [0.15, 0.2) is 0 Å². The highest BCUT2D eigenvalue weighted by Crippen LogP contribution is 2.20. The SMILES string of the molecule is CC(C)C[C@H](NC(=O)CNC(=O)[C@H](CC(C)C)NC(=O)[C@@H](NC(=O)[C@@H]1CCCN1C(=O)[C@H](CO)NC(=O)CNC(=O)[C@H](CC(C)C)NC(=O)[C@@H](N)CO)C(C)C)C(=O)O. The molecule has 1 aliphatic rings. The van der Waals surface area contributed by atoms with Crippen LogP contribution in [0.1, 0.15) is 87.5 Å². The van der Waals surface area contributed by atoms with Crippen LogP contribution in [0.5, 0.6) is 0 Å². The van der Waals surface area contributed by atoms with E-state index in [1.807, 2.05) is 13.8 Å². The normalized spacial score (nSPS) is 17.0. The number of hydrogen-bond donors (Lipinski definition) is 11. The van der Waals surface area contributed by atoms with Crippen molar-refractivity contribution >= 4 is 53.2 Å². The van der Waals surface area contributed by atoms with Crippen LogP contribution in [-0.2, 0) is 43.2 Å². The zero-order chi connectivity index (χ0) is 45.1. The Labute approximate surface area is 345 Å². The Kier molecular flexibility index (Phi) is 22.6. The Hall–Kier alpha value is -4.89. The van der Waals surface area contributed by atoms with Crippen molar-refractivity contribution in [3.63, 3.8) is 0 Å². The van der Waals surface area contributed by atoms with Crippen molar-refractivity contribution in [3.05, 3.63) is 0 Å². The van der Waals surface area contributed by atoms with E-state index >= 15 is 0 Å². The fourth-order valence-electron chi connectivity index (χ4n) is 6.27. The summed E-state index contributed by atoms with van der Waals surface area (Å²) >= 11 is 0. The molecule has 336 valence electrons. The van der Waals surface area contributed by atoms with Crippen LogP contribution >= 0.6 is 0 Å². The van der Waals surface area contributed by atoms with Crippen molar-refractivity contribution in [2.75, 3.05) is 32.8 Å². The first kappa shape index (κ1) is 52.1. The second kappa shape index (κ2) is 25.6. The molecule has 1 heterocycles. The molecule has 1 saturated heterocycles. The van der Waals surface area contributed by atoms with E-state index < -0.39 is 128 Å². The predicted molar refractivity (Wildman–Crippen MR) is 213 cm³/mol. The third kappa shape index (κ3) is 18.3. The first-order valence-electron chi connectivity index (χ1n) is 20.1. The van der Waals surface area contributed by atoms with Crippen LogP contribution in [0, 0.1) is 23.7 Å². The third-order valence-electron chi connectivity index (χ3n) is 9.30. The number of aliphatic hydroxyl groups is 2. The first-order valence-corrected chi connectivity index (χ1v) is 20.1. The highest BCUT2D eigenvalue weighted by atomic mass is 16.4. The van der Waals surface area contributed by atoms with E-state index in [2.05, 4.69) is 37.2 Å². The summed E-state index contributed by atoms with van der Waals surface area (Å²) in [5.74, 6) is -7.77. The monoisotopic (exact) mass is 841 g/mol. The molecule has 1 rings (SSSR count). The zero-order valence-electron chi connectivity index (χ0n) is 35.5. The van der Waals surface area contributed by atoms with Crippen molar-refractivity contribution in [2.24, 2.45) is 29.4 Å². The van der Waals surface area contributed by atoms with Gasteiger partial charge in [0.25, 0.3) is 0 Å². The number of nitrogens with one attached hydrogen (secondary N) is 7. The average Bonchev–Trinajstić information content (AvgIpc) is 3.65. The maximum Gasteiger partial charge on any atom is 0.326 e. The first-order chi connectivity index (χ1) is 27.5. The van der Waals surface area contributed by atoms with Gasteiger partial charge in [-0.3, -0.25) is 38.4 Å². The van der Waals surface area contributed by atoms with Crippen molar-refractivity contribution < 1.29 is 58.5 Å². The summed E-state index contributed by atoms with van der Waals surface area (Å²) in [7, 11) is 0. The smallest absolute Gasteiger partial charge is 0.326 e. The Morgan fingerprint density at radius 2 is 1.07 bits per heavy atom. The van der Waals surface area contributed by atoms with Gasteiger partial charge < -0.3 is 63.2 Å². The lowest BCUT2D eigenvalue weighted by Crippen LogP contribution is -2.60. The van der Waals surface area contributed by atoms with Gasteiger partial charge in [0.15, 0.2) is 0 Å². The molecule has 21 nitrogen and oxygen atoms in total. The second-order valence-corrected chi connectivity index (χ2v) is 16.4. The Balaban J connectivity index is 2.97. The number of aliphatic carboxylic acids is 1. The van der Waals surface area contributed by atoms with Gasteiger partial charge in [-0.2, -0.15) is 0 Å². The Morgan fingerprint density at radius 3 is 1.49 bits per heavy atom. The van der Waals surface area contributed by atoms with Crippen LogP contribution in [0.25, 0.3) is 0 Å². The van der Waals surface area contributed by atoms with E-state index in [1.165, 1.54) is 4.90 Å². The molecule has 0 bridgehead atoms. The van der Waals surface area contributed by atoms with Gasteiger partial charge in [0.05, 0.1) is 26.3 Å². The summed E-state index contributed by atoms with van der Waals surface area (Å²) < 4.78 is 0. The van der Waals surface area contributed by atoms with Gasteiger partial charge in [-0.05, 0) is 55.8 Å². The lowest BCUT2D eigenvalue weighted by molar-refractivity contribution is -0.143. The third-order valence-corrected chi connectivity index (χ3v) is 9.30. The molecule has 8 amide bonds. The molecular weight excluding hydrogens is 774 g/mol. The number of rotatable bonds is 25. The van der Waals surface area contributed by atoms with Gasteiger partial charge in [0, 0.05) is 6.54 Å². The largest absolute Gasteiger partial charge is 0.480 e. The summed E-state index contributed by atoms with van der Waals surface area (Å²) in [4.78, 5) is 117. The molecule has 0 aliphatic carbocycles. The van der Waals surface area contributed by atoms with Crippen LogP contribution in [0.4, 0.5) is 0 Å². The van der Waals surface area contributed by atoms with E-state index in [0.29, 0.717) is 6.42 Å². The second-order valence-electron chi connectivity index (χ2n) is 16.4. The quantitative estimate of drug-likeness (QED) is 0.0433. The van der Waals surface area contributed by atoms with Crippen LogP contribution in [0.3, 0.4) is 0 Å². The van der Waals surface area contributed by atoms with E-state index in [4.69, 9.17) is 10.8 Å². The summed E-state index contributed by atoms with van der Waals surface area (Å²) in [6, 6.07) is -8.33. The van der Waals surface area contributed by atoms with Gasteiger partial charge in [0.1, 0.15) is 42.3 Å². The molecule has 0 saturated carbocycles. The molecular formula is C38H67N9O12. The number of carboxylic acids is 1. The molecule has 0 radical (unpaired) electrons. The molecule has 0 aromatic rings. The minimum Gasteiger partial charge on any atom is -0.480 e. The molecule has 1 fully saturated rings. The highest BCUT2D eigenvalue weighted by molar-refractivity contribution is 5.97. The van der Waals surface area contributed by atoms with Crippen molar-refractivity contribution in [1.82, 2.24) is 42.1 Å². The van der Waals surface area contributed by atoms with E-state index in [1.54, 1.807) is 41.5 Å². The molecule has 0 unspecified atom stereocenters. The van der Waals surface area contributed by atoms with Crippen molar-refractivity contribution in [3.8, 4) is 0 Å². The lowest BCUT2D eigenvalue weighted by atomic mass is 9.99. The minimum absolute atomic E-state index is 0.0151. The maximum absolute atomic E-state index is 13.6. The molecule has 7 atom stereocenters. The summed E-state index contributed by atoms with van der Waals surface area (Å²) in [5, 5.41) is 45.9. The van der Waals surface area contributed by atoms with Gasteiger partial charge in [-0.25, -0.2) is 4.79 Å². The van der Waals surface area contributed by atoms with E-state index in [9.17, 15) is 53.4 Å². The highest BCUT2D eigenvalue weighted by Gasteiger charge is 2.40. The maximum atomic E-state index is 13.6. The Bertz CT molecular complexity index is 1470. The van der Waals surface area contributed by atoms with Crippen LogP contribution in [-0.4, -0.2) is 149 Å². The van der Waals surface area contributed by atoms with Gasteiger partial charge >= 0.3 is 5.97 Å². The molecule has 0 aromatic heterocycles. The number of likely N-dealkylation sites (tertiary alicyclic amines) is 1. The number of aliphatic hydroxyl groups excluding tert-OH is 2. The molecule has 1 aliphatic heterocycles. The number of nitrogens with zero attached hydrogens (tertiary/aromatic N) is 1. The number of amides is 8. The minimum atomic E-state index is -1.49. The van der Waals surface area contributed by atoms with Gasteiger partial charge in [0.2, 0.25) is 47.3 Å². The lowest BCUT2D eigenvalue weighted by Gasteiger charge is -2.30. The van der Waals surface area contributed by atoms with Gasteiger partial charge in [-0.15, -0.1) is 0 Å². The zero-order valence-corrected chi connectivity index (χ0v) is 35.5. The number of carbonyl (C=O) groups excluding carboxylic acids is 8. The fourth-order valence-corrected chi connectivity index (χ4v) is 6.27. The molecule has 12 N–H and O–H groups in total. The standard InChI is InChI=1S/C38H67N9O12/c1-19(2)12-24(44-32(52)23(39)17-48)33(53)41-16-30(51)43-27(18-49)37(57)47-11-9-10-28(47)35(55)46-31(22(7)8)36(56)45-25(13-20(3)4)34(54)40-15-29(50)42-26(38(58)59)14-21(5)6/h19-28,31,48-49H,9-18,39H2,1-8H3,(H,40,54)(H,41,53)(H,42,50)(H,43,51)(H,44,52)(H,45,56)(H,46,55)(H,58,59)/t23-,24-,25-,26-,27-,28-,31-/m0/s1. The van der Waals surface area contributed by atoms with Crippen LogP contribution < -0.4 is 43.0 Å². The molecule has 0 spiro atoms. The van der Waals surface area contributed by atoms with E-state index in [0.717, 1.165) is 0 Å². The summed E-state index contributed by atoms with van der Waals surface area (Å²) in [6.45, 7) is 11.6. The fraction of sp³-hybridized carbons (Fsp3) is 0.763. The predicted octanol–water partition coefficient (Wildman–Crippen LogP) is -3.18. The molecule has 21 heteroatoms. The van der Waals surface area contributed by atoms with E-state index in [-0.39, 0.29) is 50.0 Å². The molecule has 59 heavy (non-hydrogen) atoms. The Morgan fingerprint density at radius 1 is 0.610 bits per heavy atom. The van der Waals surface area contributed by atoms with Crippen LogP contribution in [0.2, 0.25) is 0 Å². The number of nitrogens with two attached hydrogens (primary N) is 1. The number of hydrogen-bond acceptors (Lipinski definition) is 12. The number of carbonyl (C=O) groups is 9. The summed E-state index contributed by atoms with van der Waals surface area (Å²) in [5.41, 5.74) is 5.53.